The van der Waals surface area contributed by atoms with Crippen LogP contribution in [0.15, 0.2) is 55.0 Å². The lowest BCUT2D eigenvalue weighted by molar-refractivity contribution is -0.0279. The summed E-state index contributed by atoms with van der Waals surface area (Å²) in [7, 11) is 0. The molecule has 1 saturated heterocycles. The van der Waals surface area contributed by atoms with E-state index in [-0.39, 0.29) is 5.60 Å². The van der Waals surface area contributed by atoms with Gasteiger partial charge < -0.3 is 9.64 Å². The van der Waals surface area contributed by atoms with E-state index in [2.05, 4.69) is 58.2 Å². The van der Waals surface area contributed by atoms with Crippen LogP contribution in [0, 0.1) is 0 Å². The number of anilines is 1. The van der Waals surface area contributed by atoms with Gasteiger partial charge in [-0.15, -0.1) is 5.10 Å². The third kappa shape index (κ3) is 3.03. The lowest BCUT2D eigenvalue weighted by atomic mass is 10.1. The molecule has 1 N–H and O–H groups in total. The van der Waals surface area contributed by atoms with Gasteiger partial charge in [0.2, 0.25) is 0 Å². The van der Waals surface area contributed by atoms with Gasteiger partial charge in [-0.3, -0.25) is 5.10 Å². The summed E-state index contributed by atoms with van der Waals surface area (Å²) in [5.41, 5.74) is 4.91. The predicted octanol–water partition coefficient (Wildman–Crippen LogP) is 3.40. The Morgan fingerprint density at radius 1 is 1.00 bits per heavy atom. The summed E-state index contributed by atoms with van der Waals surface area (Å²) >= 11 is 0. The van der Waals surface area contributed by atoms with Crippen LogP contribution in [0.3, 0.4) is 0 Å². The number of ether oxygens (including phenoxy) is 1. The first-order chi connectivity index (χ1) is 13.6. The summed E-state index contributed by atoms with van der Waals surface area (Å²) in [5.74, 6) is 0.943. The number of H-pyrrole nitrogens is 1. The molecule has 0 saturated carbocycles. The molecule has 0 spiro atoms. The van der Waals surface area contributed by atoms with Gasteiger partial charge in [0.25, 0.3) is 0 Å². The fourth-order valence-electron chi connectivity index (χ4n) is 3.68. The second-order valence-corrected chi connectivity index (χ2v) is 7.70. The zero-order chi connectivity index (χ0) is 19.1. The van der Waals surface area contributed by atoms with E-state index in [4.69, 9.17) is 9.84 Å². The van der Waals surface area contributed by atoms with Crippen molar-refractivity contribution in [2.45, 2.75) is 19.4 Å². The van der Waals surface area contributed by atoms with Gasteiger partial charge in [0.05, 0.1) is 30.3 Å². The molecule has 4 heterocycles. The third-order valence-corrected chi connectivity index (χ3v) is 5.11. The molecule has 1 aliphatic heterocycles. The number of fused-ring (bicyclic) bond motifs is 1. The number of rotatable bonds is 3. The predicted molar refractivity (Wildman–Crippen MR) is 108 cm³/mol. The van der Waals surface area contributed by atoms with Gasteiger partial charge in [0, 0.05) is 30.4 Å². The van der Waals surface area contributed by atoms with Crippen molar-refractivity contribution < 1.29 is 4.74 Å². The summed E-state index contributed by atoms with van der Waals surface area (Å²) in [6, 6.07) is 12.4. The summed E-state index contributed by atoms with van der Waals surface area (Å²) < 4.78 is 7.75. The Labute approximate surface area is 163 Å². The number of aromatic nitrogens is 5. The van der Waals surface area contributed by atoms with Gasteiger partial charge in [-0.05, 0) is 31.5 Å². The molecule has 4 aromatic rings. The standard InChI is InChI=1S/C21H22N6O/c1-21(2)14-26(9-10-28-21)20-8-7-19-22-13-18(27(19)25-20)16-5-3-15(4-6-16)17-11-23-24-12-17/h3-8,11-13H,9-10,14H2,1-2H3,(H,23,24). The van der Waals surface area contributed by atoms with Gasteiger partial charge in [0.1, 0.15) is 5.82 Å². The van der Waals surface area contributed by atoms with E-state index < -0.39 is 0 Å². The Bertz CT molecular complexity index is 1100. The Balaban J connectivity index is 1.50. The second kappa shape index (κ2) is 6.45. The largest absolute Gasteiger partial charge is 0.372 e. The molecule has 142 valence electrons. The number of hydrogen-bond donors (Lipinski definition) is 1. The molecule has 7 heteroatoms. The Hall–Kier alpha value is -3.19. The number of hydrogen-bond acceptors (Lipinski definition) is 5. The van der Waals surface area contributed by atoms with Crippen LogP contribution < -0.4 is 4.90 Å². The Morgan fingerprint density at radius 2 is 1.82 bits per heavy atom. The van der Waals surface area contributed by atoms with Crippen LogP contribution in [0.1, 0.15) is 13.8 Å². The van der Waals surface area contributed by atoms with Crippen LogP contribution in [0.5, 0.6) is 0 Å². The van der Waals surface area contributed by atoms with E-state index in [1.165, 1.54) is 0 Å². The number of benzene rings is 1. The molecule has 28 heavy (non-hydrogen) atoms. The van der Waals surface area contributed by atoms with Gasteiger partial charge in [-0.1, -0.05) is 24.3 Å². The SMILES string of the molecule is CC1(C)CN(c2ccc3ncc(-c4ccc(-c5cn[nH]c5)cc4)n3n2)CCO1. The smallest absolute Gasteiger partial charge is 0.154 e. The zero-order valence-electron chi connectivity index (χ0n) is 16.0. The van der Waals surface area contributed by atoms with Crippen LogP contribution in [0.4, 0.5) is 5.82 Å². The molecule has 7 nitrogen and oxygen atoms in total. The van der Waals surface area contributed by atoms with Crippen LogP contribution in [-0.4, -0.2) is 50.1 Å². The van der Waals surface area contributed by atoms with Gasteiger partial charge in [-0.2, -0.15) is 5.10 Å². The number of imidazole rings is 1. The van der Waals surface area contributed by atoms with Crippen molar-refractivity contribution in [3.8, 4) is 22.4 Å². The van der Waals surface area contributed by atoms with Crippen molar-refractivity contribution >= 4 is 11.5 Å². The Kier molecular flexibility index (Phi) is 3.91. The molecule has 1 aromatic carbocycles. The maximum absolute atomic E-state index is 5.83. The molecule has 5 rings (SSSR count). The van der Waals surface area contributed by atoms with E-state index in [0.717, 1.165) is 46.9 Å². The van der Waals surface area contributed by atoms with Gasteiger partial charge in [-0.25, -0.2) is 9.50 Å². The highest BCUT2D eigenvalue weighted by Gasteiger charge is 2.28. The molecule has 3 aromatic heterocycles. The molecule has 0 radical (unpaired) electrons. The van der Waals surface area contributed by atoms with Gasteiger partial charge in [0.15, 0.2) is 5.65 Å². The zero-order valence-corrected chi connectivity index (χ0v) is 16.0. The molecule has 0 amide bonds. The Morgan fingerprint density at radius 3 is 2.57 bits per heavy atom. The third-order valence-electron chi connectivity index (χ3n) is 5.11. The topological polar surface area (TPSA) is 71.3 Å². The van der Waals surface area contributed by atoms with Gasteiger partial charge >= 0.3 is 0 Å². The highest BCUT2D eigenvalue weighted by molar-refractivity contribution is 5.69. The maximum atomic E-state index is 5.83. The minimum atomic E-state index is -0.171. The summed E-state index contributed by atoms with van der Waals surface area (Å²) in [6.07, 6.45) is 5.59. The fourth-order valence-corrected chi connectivity index (χ4v) is 3.68. The van der Waals surface area contributed by atoms with Crippen molar-refractivity contribution in [1.82, 2.24) is 24.8 Å². The maximum Gasteiger partial charge on any atom is 0.154 e. The lowest BCUT2D eigenvalue weighted by Crippen LogP contribution is -2.48. The minimum absolute atomic E-state index is 0.171. The molecule has 0 aliphatic carbocycles. The first kappa shape index (κ1) is 16.9. The van der Waals surface area contributed by atoms with E-state index >= 15 is 0 Å². The highest BCUT2D eigenvalue weighted by Crippen LogP contribution is 2.26. The summed E-state index contributed by atoms with van der Waals surface area (Å²) in [5, 5.41) is 11.7. The average molecular weight is 374 g/mol. The highest BCUT2D eigenvalue weighted by atomic mass is 16.5. The summed E-state index contributed by atoms with van der Waals surface area (Å²) in [4.78, 5) is 6.80. The van der Waals surface area contributed by atoms with Crippen molar-refractivity contribution in [3.63, 3.8) is 0 Å². The molecule has 0 unspecified atom stereocenters. The minimum Gasteiger partial charge on any atom is -0.372 e. The van der Waals surface area contributed by atoms with E-state index in [9.17, 15) is 0 Å². The average Bonchev–Trinajstić information content (AvgIpc) is 3.37. The molecule has 1 aliphatic rings. The van der Waals surface area contributed by atoms with E-state index in [0.29, 0.717) is 6.61 Å². The monoisotopic (exact) mass is 374 g/mol. The number of nitrogens with zero attached hydrogens (tertiary/aromatic N) is 5. The van der Waals surface area contributed by atoms with Crippen LogP contribution in [-0.2, 0) is 4.74 Å². The van der Waals surface area contributed by atoms with Crippen molar-refractivity contribution in [2.75, 3.05) is 24.6 Å². The van der Waals surface area contributed by atoms with Crippen molar-refractivity contribution in [2.24, 2.45) is 0 Å². The van der Waals surface area contributed by atoms with Crippen molar-refractivity contribution in [1.29, 1.82) is 0 Å². The number of nitrogens with one attached hydrogen (secondary N) is 1. The van der Waals surface area contributed by atoms with E-state index in [1.807, 2.05) is 35.2 Å². The van der Waals surface area contributed by atoms with Crippen LogP contribution >= 0.6 is 0 Å². The lowest BCUT2D eigenvalue weighted by Gasteiger charge is -2.38. The summed E-state index contributed by atoms with van der Waals surface area (Å²) in [6.45, 7) is 6.59. The molecule has 0 atom stereocenters. The van der Waals surface area contributed by atoms with Crippen LogP contribution in [0.2, 0.25) is 0 Å². The quantitative estimate of drug-likeness (QED) is 0.595. The molecule has 1 fully saturated rings. The van der Waals surface area contributed by atoms with Crippen molar-refractivity contribution in [3.05, 3.63) is 55.0 Å². The van der Waals surface area contributed by atoms with Crippen LogP contribution in [0.25, 0.3) is 28.0 Å². The number of morpholine rings is 1. The fraction of sp³-hybridized carbons (Fsp3) is 0.286. The van der Waals surface area contributed by atoms with E-state index in [1.54, 1.807) is 0 Å². The molecular formula is C21H22N6O. The number of aromatic amines is 1. The normalized spacial score (nSPS) is 16.6. The first-order valence-corrected chi connectivity index (χ1v) is 9.42. The second-order valence-electron chi connectivity index (χ2n) is 7.70. The molecule has 0 bridgehead atoms. The first-order valence-electron chi connectivity index (χ1n) is 9.42. The molecular weight excluding hydrogens is 352 g/mol.